The zero-order valence-corrected chi connectivity index (χ0v) is 15.0. The van der Waals surface area contributed by atoms with Crippen molar-refractivity contribution in [1.29, 1.82) is 0 Å². The summed E-state index contributed by atoms with van der Waals surface area (Å²) in [6.45, 7) is 2.46. The SMILES string of the molecule is C[Si](C)(OCc1cccc(Cl)c1Cl)c1c(F)c(F)c(F)c(F)c1F. The molecular formula is C15H11Cl2F5OSi. The van der Waals surface area contributed by atoms with Crippen molar-refractivity contribution in [3.63, 3.8) is 0 Å². The summed E-state index contributed by atoms with van der Waals surface area (Å²) in [6, 6.07) is 4.72. The van der Waals surface area contributed by atoms with E-state index < -0.39 is 42.6 Å². The van der Waals surface area contributed by atoms with Crippen LogP contribution in [0, 0.1) is 29.1 Å². The Hall–Kier alpha value is -1.15. The van der Waals surface area contributed by atoms with Gasteiger partial charge in [-0.2, -0.15) is 0 Å². The van der Waals surface area contributed by atoms with E-state index in [1.54, 1.807) is 18.2 Å². The summed E-state index contributed by atoms with van der Waals surface area (Å²) < 4.78 is 73.3. The van der Waals surface area contributed by atoms with E-state index >= 15 is 0 Å². The Labute approximate surface area is 146 Å². The number of hydrogen-bond acceptors (Lipinski definition) is 1. The summed E-state index contributed by atoms with van der Waals surface area (Å²) in [5.74, 6) is -9.93. The lowest BCUT2D eigenvalue weighted by atomic mass is 10.2. The molecule has 2 aromatic carbocycles. The average molecular weight is 401 g/mol. The molecule has 0 aromatic heterocycles. The van der Waals surface area contributed by atoms with Crippen molar-refractivity contribution < 1.29 is 26.4 Å². The van der Waals surface area contributed by atoms with Crippen molar-refractivity contribution in [3.8, 4) is 0 Å². The molecule has 2 aromatic rings. The Morgan fingerprint density at radius 3 is 1.92 bits per heavy atom. The Morgan fingerprint density at radius 2 is 1.38 bits per heavy atom. The van der Waals surface area contributed by atoms with Crippen LogP contribution in [-0.2, 0) is 11.0 Å². The molecule has 0 fully saturated rings. The van der Waals surface area contributed by atoms with E-state index in [-0.39, 0.29) is 16.7 Å². The molecule has 0 aliphatic rings. The molecule has 0 saturated heterocycles. The summed E-state index contributed by atoms with van der Waals surface area (Å²) >= 11 is 11.8. The first kappa shape index (κ1) is 19.2. The van der Waals surface area contributed by atoms with Crippen LogP contribution >= 0.6 is 23.2 Å². The van der Waals surface area contributed by atoms with E-state index in [4.69, 9.17) is 27.6 Å². The third-order valence-corrected chi connectivity index (χ3v) is 6.80. The average Bonchev–Trinajstić information content (AvgIpc) is 2.52. The molecule has 130 valence electrons. The van der Waals surface area contributed by atoms with Crippen molar-refractivity contribution >= 4 is 36.7 Å². The van der Waals surface area contributed by atoms with Gasteiger partial charge in [0.25, 0.3) is 0 Å². The highest BCUT2D eigenvalue weighted by atomic mass is 35.5. The number of halogens is 7. The highest BCUT2D eigenvalue weighted by Crippen LogP contribution is 2.27. The smallest absolute Gasteiger partial charge is 0.225 e. The summed E-state index contributed by atoms with van der Waals surface area (Å²) in [6.07, 6.45) is 0. The molecule has 0 unspecified atom stereocenters. The lowest BCUT2D eigenvalue weighted by Gasteiger charge is -2.25. The fourth-order valence-electron chi connectivity index (χ4n) is 2.12. The van der Waals surface area contributed by atoms with Crippen LogP contribution in [0.4, 0.5) is 22.0 Å². The van der Waals surface area contributed by atoms with Crippen LogP contribution in [0.25, 0.3) is 0 Å². The lowest BCUT2D eigenvalue weighted by molar-refractivity contribution is 0.300. The third-order valence-electron chi connectivity index (χ3n) is 3.43. The maximum Gasteiger partial charge on any atom is 0.225 e. The van der Waals surface area contributed by atoms with E-state index in [9.17, 15) is 22.0 Å². The summed E-state index contributed by atoms with van der Waals surface area (Å²) in [4.78, 5) is 0. The topological polar surface area (TPSA) is 9.23 Å². The molecule has 0 saturated carbocycles. The van der Waals surface area contributed by atoms with Crippen LogP contribution in [-0.4, -0.2) is 8.32 Å². The quantitative estimate of drug-likeness (QED) is 0.292. The Morgan fingerprint density at radius 1 is 0.875 bits per heavy atom. The van der Waals surface area contributed by atoms with Crippen LogP contribution in [0.3, 0.4) is 0 Å². The second-order valence-electron chi connectivity index (χ2n) is 5.46. The van der Waals surface area contributed by atoms with Gasteiger partial charge in [0.1, 0.15) is 0 Å². The zero-order valence-electron chi connectivity index (χ0n) is 12.5. The second-order valence-corrected chi connectivity index (χ2v) is 10.1. The molecule has 0 bridgehead atoms. The normalized spacial score (nSPS) is 11.9. The maximum atomic E-state index is 14.0. The van der Waals surface area contributed by atoms with Gasteiger partial charge in [-0.3, -0.25) is 0 Å². The highest BCUT2D eigenvalue weighted by molar-refractivity contribution is 6.84. The van der Waals surface area contributed by atoms with Crippen LogP contribution in [0.1, 0.15) is 5.56 Å². The maximum absolute atomic E-state index is 14.0. The van der Waals surface area contributed by atoms with Gasteiger partial charge < -0.3 is 4.43 Å². The molecule has 0 aliphatic carbocycles. The van der Waals surface area contributed by atoms with Gasteiger partial charge in [-0.25, -0.2) is 22.0 Å². The fourth-order valence-corrected chi connectivity index (χ4v) is 4.44. The van der Waals surface area contributed by atoms with E-state index in [0.29, 0.717) is 5.56 Å². The van der Waals surface area contributed by atoms with Gasteiger partial charge in [0.2, 0.25) is 14.1 Å². The summed E-state index contributed by atoms with van der Waals surface area (Å²) in [5, 5.41) is -0.466. The second kappa shape index (κ2) is 6.99. The summed E-state index contributed by atoms with van der Waals surface area (Å²) in [7, 11) is -3.48. The van der Waals surface area contributed by atoms with Gasteiger partial charge >= 0.3 is 0 Å². The predicted octanol–water partition coefficient (Wildman–Crippen LogP) is 5.32. The van der Waals surface area contributed by atoms with Gasteiger partial charge in [-0.15, -0.1) is 0 Å². The molecular weight excluding hydrogens is 390 g/mol. The van der Waals surface area contributed by atoms with Crippen molar-refractivity contribution in [3.05, 3.63) is 62.9 Å². The molecule has 0 aliphatic heterocycles. The monoisotopic (exact) mass is 400 g/mol. The molecule has 0 atom stereocenters. The number of rotatable bonds is 4. The first-order valence-corrected chi connectivity index (χ1v) is 10.3. The van der Waals surface area contributed by atoms with Gasteiger partial charge in [-0.1, -0.05) is 35.3 Å². The molecule has 1 nitrogen and oxygen atoms in total. The Balaban J connectivity index is 2.39. The third kappa shape index (κ3) is 3.44. The van der Waals surface area contributed by atoms with Crippen molar-refractivity contribution in [2.45, 2.75) is 19.7 Å². The predicted molar refractivity (Wildman–Crippen MR) is 84.6 cm³/mol. The van der Waals surface area contributed by atoms with E-state index in [1.807, 2.05) is 0 Å². The number of benzene rings is 2. The lowest BCUT2D eigenvalue weighted by Crippen LogP contribution is -2.49. The first-order chi connectivity index (χ1) is 11.1. The van der Waals surface area contributed by atoms with Crippen LogP contribution in [0.5, 0.6) is 0 Å². The molecule has 0 radical (unpaired) electrons. The first-order valence-electron chi connectivity index (χ1n) is 6.66. The Kier molecular flexibility index (Phi) is 5.59. The number of hydrogen-bond donors (Lipinski definition) is 0. The van der Waals surface area contributed by atoms with Crippen LogP contribution in [0.15, 0.2) is 18.2 Å². The van der Waals surface area contributed by atoms with E-state index in [1.165, 1.54) is 13.1 Å². The molecule has 0 spiro atoms. The molecule has 24 heavy (non-hydrogen) atoms. The van der Waals surface area contributed by atoms with Crippen LogP contribution in [0.2, 0.25) is 23.1 Å². The molecule has 0 amide bonds. The fraction of sp³-hybridized carbons (Fsp3) is 0.200. The molecule has 0 N–H and O–H groups in total. The van der Waals surface area contributed by atoms with Gasteiger partial charge in [0.05, 0.1) is 16.7 Å². The minimum atomic E-state index is -3.48. The highest BCUT2D eigenvalue weighted by Gasteiger charge is 2.38. The van der Waals surface area contributed by atoms with Crippen molar-refractivity contribution in [2.75, 3.05) is 0 Å². The zero-order chi connectivity index (χ0) is 18.2. The van der Waals surface area contributed by atoms with Gasteiger partial charge in [0, 0.05) is 5.19 Å². The molecule has 2 rings (SSSR count). The van der Waals surface area contributed by atoms with Crippen molar-refractivity contribution in [2.24, 2.45) is 0 Å². The van der Waals surface area contributed by atoms with E-state index in [0.717, 1.165) is 0 Å². The minimum Gasteiger partial charge on any atom is -0.408 e. The van der Waals surface area contributed by atoms with Crippen molar-refractivity contribution in [1.82, 2.24) is 0 Å². The summed E-state index contributed by atoms with van der Waals surface area (Å²) in [5.41, 5.74) is 0.439. The van der Waals surface area contributed by atoms with Gasteiger partial charge in [0.15, 0.2) is 23.3 Å². The minimum absolute atomic E-state index is 0.182. The van der Waals surface area contributed by atoms with E-state index in [2.05, 4.69) is 0 Å². The largest absolute Gasteiger partial charge is 0.408 e. The van der Waals surface area contributed by atoms with Gasteiger partial charge in [-0.05, 0) is 24.7 Å². The Bertz CT molecular complexity index is 769. The standard InChI is InChI=1S/C15H11Cl2F5OSi/c1-24(2,23-6-7-4-3-5-8(16)9(7)17)15-13(21)11(19)10(18)12(20)14(15)22/h3-5H,6H2,1-2H3. The molecule has 0 heterocycles. The molecule has 9 heteroatoms. The van der Waals surface area contributed by atoms with Crippen LogP contribution < -0.4 is 5.19 Å².